The van der Waals surface area contributed by atoms with Crippen LogP contribution in [0.3, 0.4) is 0 Å². The number of benzene rings is 1. The quantitative estimate of drug-likeness (QED) is 0.845. The van der Waals surface area contributed by atoms with Crippen molar-refractivity contribution in [3.05, 3.63) is 35.4 Å². The van der Waals surface area contributed by atoms with Gasteiger partial charge in [-0.1, -0.05) is 31.5 Å². The highest BCUT2D eigenvalue weighted by Crippen LogP contribution is 2.31. The molecule has 1 amide bonds. The minimum atomic E-state index is -4.42. The zero-order valence-electron chi connectivity index (χ0n) is 11.3. The van der Waals surface area contributed by atoms with Crippen LogP contribution in [-0.4, -0.2) is 12.5 Å². The molecule has 0 aromatic heterocycles. The second-order valence-electron chi connectivity index (χ2n) is 4.59. The van der Waals surface area contributed by atoms with E-state index < -0.39 is 11.7 Å². The summed E-state index contributed by atoms with van der Waals surface area (Å²) >= 11 is 0. The van der Waals surface area contributed by atoms with Gasteiger partial charge in [0.05, 0.1) is 11.5 Å². The van der Waals surface area contributed by atoms with Crippen LogP contribution < -0.4 is 11.1 Å². The predicted molar refractivity (Wildman–Crippen MR) is 70.7 cm³/mol. The number of carbonyl (C=O) groups excluding carboxylic acids is 1. The third kappa shape index (κ3) is 4.52. The molecule has 0 aliphatic rings. The molecule has 0 fully saturated rings. The van der Waals surface area contributed by atoms with Crippen molar-refractivity contribution in [3.8, 4) is 0 Å². The lowest BCUT2D eigenvalue weighted by Gasteiger charge is -2.16. The summed E-state index contributed by atoms with van der Waals surface area (Å²) in [4.78, 5) is 11.8. The number of amides is 1. The van der Waals surface area contributed by atoms with Crippen molar-refractivity contribution >= 4 is 5.91 Å². The molecule has 0 heterocycles. The number of alkyl halides is 3. The van der Waals surface area contributed by atoms with E-state index in [0.29, 0.717) is 6.42 Å². The van der Waals surface area contributed by atoms with Gasteiger partial charge in [-0.05, 0) is 18.1 Å². The molecule has 20 heavy (non-hydrogen) atoms. The SMILES string of the molecule is CCCC(CN)C(=O)NCc1ccccc1C(F)(F)F. The highest BCUT2D eigenvalue weighted by Gasteiger charge is 2.32. The largest absolute Gasteiger partial charge is 0.416 e. The van der Waals surface area contributed by atoms with Gasteiger partial charge in [0.2, 0.25) is 5.91 Å². The molecule has 0 aliphatic carbocycles. The van der Waals surface area contributed by atoms with Crippen LogP contribution in [0.5, 0.6) is 0 Å². The Morgan fingerprint density at radius 3 is 2.55 bits per heavy atom. The summed E-state index contributed by atoms with van der Waals surface area (Å²) in [7, 11) is 0. The number of nitrogens with two attached hydrogens (primary N) is 1. The Morgan fingerprint density at radius 2 is 2.00 bits per heavy atom. The van der Waals surface area contributed by atoms with E-state index in [2.05, 4.69) is 5.32 Å². The van der Waals surface area contributed by atoms with Gasteiger partial charge in [-0.2, -0.15) is 13.2 Å². The minimum absolute atomic E-state index is 0.0561. The number of carbonyl (C=O) groups is 1. The summed E-state index contributed by atoms with van der Waals surface area (Å²) in [5, 5.41) is 2.53. The van der Waals surface area contributed by atoms with Gasteiger partial charge in [-0.25, -0.2) is 0 Å². The van der Waals surface area contributed by atoms with Crippen LogP contribution in [0.4, 0.5) is 13.2 Å². The Balaban J connectivity index is 2.73. The second-order valence-corrected chi connectivity index (χ2v) is 4.59. The molecule has 1 rings (SSSR count). The van der Waals surface area contributed by atoms with Crippen molar-refractivity contribution in [2.45, 2.75) is 32.5 Å². The summed E-state index contributed by atoms with van der Waals surface area (Å²) in [6.45, 7) is 1.98. The van der Waals surface area contributed by atoms with Gasteiger partial charge in [0.25, 0.3) is 0 Å². The standard InChI is InChI=1S/C14H19F3N2O/c1-2-5-10(8-18)13(20)19-9-11-6-3-4-7-12(11)14(15,16)17/h3-4,6-7,10H,2,5,8-9,18H2,1H3,(H,19,20). The van der Waals surface area contributed by atoms with Crippen LogP contribution in [0.1, 0.15) is 30.9 Å². The highest BCUT2D eigenvalue weighted by atomic mass is 19.4. The molecule has 3 nitrogen and oxygen atoms in total. The lowest BCUT2D eigenvalue weighted by atomic mass is 10.0. The van der Waals surface area contributed by atoms with Crippen molar-refractivity contribution in [2.24, 2.45) is 11.7 Å². The maximum atomic E-state index is 12.8. The first kappa shape index (κ1) is 16.5. The molecule has 0 aliphatic heterocycles. The van der Waals surface area contributed by atoms with E-state index in [0.717, 1.165) is 12.5 Å². The molecule has 1 aromatic rings. The van der Waals surface area contributed by atoms with Crippen molar-refractivity contribution in [1.82, 2.24) is 5.32 Å². The van der Waals surface area contributed by atoms with Crippen molar-refractivity contribution in [2.75, 3.05) is 6.54 Å². The fourth-order valence-corrected chi connectivity index (χ4v) is 1.98. The normalized spacial score (nSPS) is 13.1. The van der Waals surface area contributed by atoms with Crippen LogP contribution >= 0.6 is 0 Å². The first-order chi connectivity index (χ1) is 9.40. The van der Waals surface area contributed by atoms with E-state index >= 15 is 0 Å². The molecule has 0 spiro atoms. The smallest absolute Gasteiger partial charge is 0.352 e. The van der Waals surface area contributed by atoms with E-state index in [1.165, 1.54) is 18.2 Å². The average molecular weight is 288 g/mol. The maximum Gasteiger partial charge on any atom is 0.416 e. The molecular weight excluding hydrogens is 269 g/mol. The van der Waals surface area contributed by atoms with Crippen LogP contribution in [-0.2, 0) is 17.5 Å². The monoisotopic (exact) mass is 288 g/mol. The van der Waals surface area contributed by atoms with Crippen LogP contribution in [0, 0.1) is 5.92 Å². The van der Waals surface area contributed by atoms with Gasteiger partial charge in [0.1, 0.15) is 0 Å². The average Bonchev–Trinajstić information content (AvgIpc) is 2.41. The van der Waals surface area contributed by atoms with E-state index in [1.54, 1.807) is 0 Å². The zero-order chi connectivity index (χ0) is 15.2. The first-order valence-corrected chi connectivity index (χ1v) is 6.53. The summed E-state index contributed by atoms with van der Waals surface area (Å²) < 4.78 is 38.4. The van der Waals surface area contributed by atoms with Crippen LogP contribution in [0.2, 0.25) is 0 Å². The molecular formula is C14H19F3N2O. The molecule has 0 radical (unpaired) electrons. The van der Waals surface area contributed by atoms with Gasteiger partial charge in [0.15, 0.2) is 0 Å². The van der Waals surface area contributed by atoms with Gasteiger partial charge >= 0.3 is 6.18 Å². The molecule has 1 unspecified atom stereocenters. The summed E-state index contributed by atoms with van der Waals surface area (Å²) in [6.07, 6.45) is -2.99. The third-order valence-corrected chi connectivity index (χ3v) is 3.07. The van der Waals surface area contributed by atoms with Crippen LogP contribution in [0.15, 0.2) is 24.3 Å². The molecule has 1 atom stereocenters. The molecule has 0 saturated carbocycles. The van der Waals surface area contributed by atoms with Crippen LogP contribution in [0.25, 0.3) is 0 Å². The van der Waals surface area contributed by atoms with Gasteiger partial charge < -0.3 is 11.1 Å². The van der Waals surface area contributed by atoms with Crippen molar-refractivity contribution in [1.29, 1.82) is 0 Å². The van der Waals surface area contributed by atoms with Gasteiger partial charge in [-0.15, -0.1) is 0 Å². The van der Waals surface area contributed by atoms with Crippen molar-refractivity contribution in [3.63, 3.8) is 0 Å². The Labute approximate surface area is 116 Å². The molecule has 3 N–H and O–H groups in total. The lowest BCUT2D eigenvalue weighted by Crippen LogP contribution is -2.35. The fraction of sp³-hybridized carbons (Fsp3) is 0.500. The zero-order valence-corrected chi connectivity index (χ0v) is 11.3. The molecule has 112 valence electrons. The number of hydrogen-bond donors (Lipinski definition) is 2. The topological polar surface area (TPSA) is 55.1 Å². The third-order valence-electron chi connectivity index (χ3n) is 3.07. The highest BCUT2D eigenvalue weighted by molar-refractivity contribution is 5.78. The Hall–Kier alpha value is -1.56. The Kier molecular flexibility index (Phi) is 6.01. The summed E-state index contributed by atoms with van der Waals surface area (Å²) in [5.74, 6) is -0.649. The molecule has 0 saturated heterocycles. The number of halogens is 3. The second kappa shape index (κ2) is 7.28. The Bertz CT molecular complexity index is 446. The van der Waals surface area contributed by atoms with Crippen molar-refractivity contribution < 1.29 is 18.0 Å². The number of nitrogens with one attached hydrogen (secondary N) is 1. The summed E-state index contributed by atoms with van der Waals surface area (Å²) in [5.41, 5.74) is 4.82. The first-order valence-electron chi connectivity index (χ1n) is 6.53. The van der Waals surface area contributed by atoms with Gasteiger partial charge in [0, 0.05) is 13.1 Å². The van der Waals surface area contributed by atoms with E-state index in [-0.39, 0.29) is 30.5 Å². The van der Waals surface area contributed by atoms with E-state index in [1.807, 2.05) is 6.92 Å². The predicted octanol–water partition coefficient (Wildman–Crippen LogP) is 2.70. The summed E-state index contributed by atoms with van der Waals surface area (Å²) in [6, 6.07) is 5.21. The van der Waals surface area contributed by atoms with Gasteiger partial charge in [-0.3, -0.25) is 4.79 Å². The minimum Gasteiger partial charge on any atom is -0.352 e. The van der Waals surface area contributed by atoms with E-state index in [4.69, 9.17) is 5.73 Å². The number of rotatable bonds is 6. The Morgan fingerprint density at radius 1 is 1.35 bits per heavy atom. The molecule has 6 heteroatoms. The maximum absolute atomic E-state index is 12.8. The molecule has 1 aromatic carbocycles. The fourth-order valence-electron chi connectivity index (χ4n) is 1.98. The lowest BCUT2D eigenvalue weighted by molar-refractivity contribution is -0.138. The number of hydrogen-bond acceptors (Lipinski definition) is 2. The van der Waals surface area contributed by atoms with E-state index in [9.17, 15) is 18.0 Å². The molecule has 0 bridgehead atoms.